The standard InChI is InChI=1S/C15H24O2/c1-13(2)5-11(16)7-15(9-13)8-12(17)6-14(3,4)10-15/h5-10H2,1-4H3. The molecule has 0 bridgehead atoms. The largest absolute Gasteiger partial charge is 0.300 e. The minimum atomic E-state index is -0.0301. The molecule has 0 aliphatic heterocycles. The zero-order valence-corrected chi connectivity index (χ0v) is 11.6. The summed E-state index contributed by atoms with van der Waals surface area (Å²) in [5.74, 6) is 0.707. The smallest absolute Gasteiger partial charge is 0.134 e. The summed E-state index contributed by atoms with van der Waals surface area (Å²) in [6.45, 7) is 8.66. The van der Waals surface area contributed by atoms with Gasteiger partial charge in [0, 0.05) is 25.7 Å². The summed E-state index contributed by atoms with van der Waals surface area (Å²) < 4.78 is 0. The molecule has 2 fully saturated rings. The summed E-state index contributed by atoms with van der Waals surface area (Å²) in [7, 11) is 0. The van der Waals surface area contributed by atoms with Gasteiger partial charge in [-0.2, -0.15) is 0 Å². The summed E-state index contributed by atoms with van der Waals surface area (Å²) in [6, 6.07) is 0. The highest BCUT2D eigenvalue weighted by molar-refractivity contribution is 5.85. The minimum absolute atomic E-state index is 0.0301. The fourth-order valence-electron chi connectivity index (χ4n) is 4.56. The molecule has 96 valence electrons. The lowest BCUT2D eigenvalue weighted by Gasteiger charge is -2.50. The van der Waals surface area contributed by atoms with Gasteiger partial charge in [0.15, 0.2) is 0 Å². The monoisotopic (exact) mass is 236 g/mol. The van der Waals surface area contributed by atoms with Gasteiger partial charge in [0.2, 0.25) is 0 Å². The van der Waals surface area contributed by atoms with Gasteiger partial charge in [-0.3, -0.25) is 9.59 Å². The van der Waals surface area contributed by atoms with Crippen molar-refractivity contribution in [2.75, 3.05) is 0 Å². The Kier molecular flexibility index (Phi) is 2.76. The normalized spacial score (nSPS) is 30.6. The number of rotatable bonds is 0. The number of hydrogen-bond donors (Lipinski definition) is 0. The molecule has 0 amide bonds. The van der Waals surface area contributed by atoms with Gasteiger partial charge >= 0.3 is 0 Å². The van der Waals surface area contributed by atoms with E-state index in [9.17, 15) is 9.59 Å². The molecule has 2 nitrogen and oxygen atoms in total. The van der Waals surface area contributed by atoms with Gasteiger partial charge in [0.05, 0.1) is 0 Å². The van der Waals surface area contributed by atoms with Crippen LogP contribution in [0, 0.1) is 16.2 Å². The van der Waals surface area contributed by atoms with Crippen molar-refractivity contribution in [1.82, 2.24) is 0 Å². The van der Waals surface area contributed by atoms with Crippen molar-refractivity contribution in [2.24, 2.45) is 16.2 Å². The molecule has 2 aliphatic rings. The molecular weight excluding hydrogens is 212 g/mol. The van der Waals surface area contributed by atoms with E-state index in [-0.39, 0.29) is 16.2 Å². The van der Waals surface area contributed by atoms with Crippen LogP contribution in [0.15, 0.2) is 0 Å². The quantitative estimate of drug-likeness (QED) is 0.644. The van der Waals surface area contributed by atoms with Crippen LogP contribution in [0.1, 0.15) is 66.2 Å². The van der Waals surface area contributed by atoms with Crippen LogP contribution >= 0.6 is 0 Å². The highest BCUT2D eigenvalue weighted by atomic mass is 16.1. The zero-order valence-electron chi connectivity index (χ0n) is 11.6. The predicted octanol–water partition coefficient (Wildman–Crippen LogP) is 3.53. The van der Waals surface area contributed by atoms with Crippen molar-refractivity contribution in [2.45, 2.75) is 66.2 Å². The van der Waals surface area contributed by atoms with E-state index in [4.69, 9.17) is 0 Å². The lowest BCUT2D eigenvalue weighted by Crippen LogP contribution is -2.45. The number of Topliss-reactive ketones (excluding diaryl/α,β-unsaturated/α-hetero) is 2. The van der Waals surface area contributed by atoms with Gasteiger partial charge in [-0.15, -0.1) is 0 Å². The van der Waals surface area contributed by atoms with Gasteiger partial charge in [-0.25, -0.2) is 0 Å². The molecule has 0 N–H and O–H groups in total. The van der Waals surface area contributed by atoms with E-state index in [2.05, 4.69) is 27.7 Å². The van der Waals surface area contributed by atoms with E-state index in [1.54, 1.807) is 0 Å². The van der Waals surface area contributed by atoms with Crippen LogP contribution in [0.5, 0.6) is 0 Å². The highest BCUT2D eigenvalue weighted by Gasteiger charge is 2.50. The Bertz CT molecular complexity index is 327. The van der Waals surface area contributed by atoms with Crippen molar-refractivity contribution in [1.29, 1.82) is 0 Å². The van der Waals surface area contributed by atoms with E-state index in [0.29, 0.717) is 37.2 Å². The Morgan fingerprint density at radius 1 is 0.706 bits per heavy atom. The second-order valence-electron chi connectivity index (χ2n) is 7.97. The first kappa shape index (κ1) is 12.8. The van der Waals surface area contributed by atoms with Gasteiger partial charge in [-0.05, 0) is 29.1 Å². The molecule has 0 aromatic heterocycles. The number of hydrogen-bond acceptors (Lipinski definition) is 2. The van der Waals surface area contributed by atoms with Crippen molar-refractivity contribution in [3.63, 3.8) is 0 Å². The van der Waals surface area contributed by atoms with E-state index in [1.807, 2.05) is 0 Å². The average molecular weight is 236 g/mol. The molecule has 0 saturated heterocycles. The lowest BCUT2D eigenvalue weighted by atomic mass is 9.53. The van der Waals surface area contributed by atoms with Crippen LogP contribution in [-0.4, -0.2) is 11.6 Å². The van der Waals surface area contributed by atoms with Crippen LogP contribution in [0.2, 0.25) is 0 Å². The van der Waals surface area contributed by atoms with Crippen LogP contribution in [0.3, 0.4) is 0 Å². The SMILES string of the molecule is CC1(C)CC(=O)CC2(CC(=O)CC(C)(C)C2)C1. The summed E-state index contributed by atoms with van der Waals surface area (Å²) in [5.41, 5.74) is 0.115. The fourth-order valence-corrected chi connectivity index (χ4v) is 4.56. The fraction of sp³-hybridized carbons (Fsp3) is 0.867. The maximum Gasteiger partial charge on any atom is 0.134 e. The molecular formula is C15H24O2. The summed E-state index contributed by atoms with van der Waals surface area (Å²) >= 11 is 0. The molecule has 2 saturated carbocycles. The molecule has 0 atom stereocenters. The second-order valence-corrected chi connectivity index (χ2v) is 7.97. The van der Waals surface area contributed by atoms with Crippen molar-refractivity contribution in [3.8, 4) is 0 Å². The molecule has 2 rings (SSSR count). The van der Waals surface area contributed by atoms with Crippen LogP contribution in [0.4, 0.5) is 0 Å². The van der Waals surface area contributed by atoms with Crippen LogP contribution in [0.25, 0.3) is 0 Å². The first-order valence-electron chi connectivity index (χ1n) is 6.65. The third kappa shape index (κ3) is 2.78. The van der Waals surface area contributed by atoms with E-state index >= 15 is 0 Å². The van der Waals surface area contributed by atoms with E-state index in [1.165, 1.54) is 0 Å². The third-order valence-electron chi connectivity index (χ3n) is 4.20. The molecule has 0 radical (unpaired) electrons. The molecule has 17 heavy (non-hydrogen) atoms. The molecule has 1 spiro atoms. The maximum atomic E-state index is 12.0. The summed E-state index contributed by atoms with van der Waals surface area (Å²) in [6.07, 6.45) is 4.69. The molecule has 2 aliphatic carbocycles. The Labute approximate surface area is 104 Å². The number of ketones is 2. The van der Waals surface area contributed by atoms with Crippen molar-refractivity contribution >= 4 is 11.6 Å². The van der Waals surface area contributed by atoms with Gasteiger partial charge in [0.1, 0.15) is 11.6 Å². The third-order valence-corrected chi connectivity index (χ3v) is 4.20. The first-order valence-corrected chi connectivity index (χ1v) is 6.65. The summed E-state index contributed by atoms with van der Waals surface area (Å²) in [4.78, 5) is 23.9. The Morgan fingerprint density at radius 2 is 1.06 bits per heavy atom. The molecule has 0 unspecified atom stereocenters. The minimum Gasteiger partial charge on any atom is -0.300 e. The van der Waals surface area contributed by atoms with Gasteiger partial charge < -0.3 is 0 Å². The zero-order chi connectivity index (χ0) is 12.9. The van der Waals surface area contributed by atoms with Crippen LogP contribution < -0.4 is 0 Å². The van der Waals surface area contributed by atoms with Gasteiger partial charge in [0.25, 0.3) is 0 Å². The van der Waals surface area contributed by atoms with Crippen molar-refractivity contribution in [3.05, 3.63) is 0 Å². The topological polar surface area (TPSA) is 34.1 Å². The average Bonchev–Trinajstić information content (AvgIpc) is 1.90. The predicted molar refractivity (Wildman–Crippen MR) is 67.7 cm³/mol. The highest BCUT2D eigenvalue weighted by Crippen LogP contribution is 2.55. The van der Waals surface area contributed by atoms with Crippen molar-refractivity contribution < 1.29 is 9.59 Å². The summed E-state index contributed by atoms with van der Waals surface area (Å²) in [5, 5.41) is 0. The van der Waals surface area contributed by atoms with Crippen LogP contribution in [-0.2, 0) is 9.59 Å². The molecule has 0 aromatic carbocycles. The number of carbonyl (C=O) groups excluding carboxylic acids is 2. The lowest BCUT2D eigenvalue weighted by molar-refractivity contribution is -0.138. The molecule has 0 aromatic rings. The van der Waals surface area contributed by atoms with Gasteiger partial charge in [-0.1, -0.05) is 27.7 Å². The Balaban J connectivity index is 2.28. The Morgan fingerprint density at radius 3 is 1.35 bits per heavy atom. The van der Waals surface area contributed by atoms with E-state index in [0.717, 1.165) is 12.8 Å². The van der Waals surface area contributed by atoms with E-state index < -0.39 is 0 Å². The second kappa shape index (κ2) is 3.66. The maximum absolute atomic E-state index is 12.0. The molecule has 2 heteroatoms. The molecule has 0 heterocycles. The Hall–Kier alpha value is -0.660. The first-order chi connectivity index (χ1) is 7.62. The number of carbonyl (C=O) groups is 2.